The third-order valence-corrected chi connectivity index (χ3v) is 4.15. The predicted molar refractivity (Wildman–Crippen MR) is 71.9 cm³/mol. The standard InChI is InChI=1S/C11H18N4O2S/c1-14-4-6-15(7-5-14)9-2-3-11(10(12)8-9)18(13,16)17/h2-3,8H,4-7,12H2,1H3,(H2,13,16,17). The molecule has 4 N–H and O–H groups in total. The Bertz CT molecular complexity index is 536. The maximum Gasteiger partial charge on any atom is 0.240 e. The quantitative estimate of drug-likeness (QED) is 0.718. The SMILES string of the molecule is CN1CCN(c2ccc(S(N)(=O)=O)c(N)c2)CC1. The topological polar surface area (TPSA) is 92.7 Å². The molecule has 6 nitrogen and oxygen atoms in total. The van der Waals surface area contributed by atoms with Gasteiger partial charge in [0.2, 0.25) is 10.0 Å². The van der Waals surface area contributed by atoms with Gasteiger partial charge in [-0.1, -0.05) is 0 Å². The molecule has 0 aromatic heterocycles. The molecule has 0 saturated carbocycles. The highest BCUT2D eigenvalue weighted by molar-refractivity contribution is 7.89. The molecule has 1 aromatic rings. The van der Waals surface area contributed by atoms with Crippen LogP contribution in [0.3, 0.4) is 0 Å². The first-order valence-corrected chi connectivity index (χ1v) is 7.28. The second-order valence-electron chi connectivity index (χ2n) is 4.56. The average molecular weight is 270 g/mol. The van der Waals surface area contributed by atoms with Gasteiger partial charge < -0.3 is 15.5 Å². The van der Waals surface area contributed by atoms with E-state index < -0.39 is 10.0 Å². The molecule has 0 unspecified atom stereocenters. The molecule has 18 heavy (non-hydrogen) atoms. The molecule has 1 saturated heterocycles. The van der Waals surface area contributed by atoms with E-state index in [1.807, 2.05) is 0 Å². The molecule has 1 heterocycles. The zero-order chi connectivity index (χ0) is 13.3. The van der Waals surface area contributed by atoms with Crippen LogP contribution >= 0.6 is 0 Å². The van der Waals surface area contributed by atoms with Gasteiger partial charge in [-0.3, -0.25) is 0 Å². The van der Waals surface area contributed by atoms with Crippen LogP contribution in [0.2, 0.25) is 0 Å². The second kappa shape index (κ2) is 4.75. The molecule has 1 aromatic carbocycles. The van der Waals surface area contributed by atoms with Crippen LogP contribution in [0, 0.1) is 0 Å². The van der Waals surface area contributed by atoms with E-state index in [9.17, 15) is 8.42 Å². The van der Waals surface area contributed by atoms with Gasteiger partial charge in [-0.05, 0) is 25.2 Å². The van der Waals surface area contributed by atoms with Gasteiger partial charge >= 0.3 is 0 Å². The summed E-state index contributed by atoms with van der Waals surface area (Å²) in [4.78, 5) is 4.42. The van der Waals surface area contributed by atoms with E-state index in [-0.39, 0.29) is 10.6 Å². The predicted octanol–water partition coefficient (Wildman–Crippen LogP) is -0.332. The summed E-state index contributed by atoms with van der Waals surface area (Å²) >= 11 is 0. The Morgan fingerprint density at radius 2 is 1.78 bits per heavy atom. The Morgan fingerprint density at radius 3 is 2.28 bits per heavy atom. The van der Waals surface area contributed by atoms with E-state index in [0.29, 0.717) is 0 Å². The minimum absolute atomic E-state index is 0.0135. The minimum atomic E-state index is -3.74. The van der Waals surface area contributed by atoms with Crippen molar-refractivity contribution in [3.63, 3.8) is 0 Å². The number of hydrogen-bond donors (Lipinski definition) is 2. The van der Waals surface area contributed by atoms with Crippen LogP contribution in [-0.4, -0.2) is 46.5 Å². The van der Waals surface area contributed by atoms with Crippen LogP contribution in [0.25, 0.3) is 0 Å². The minimum Gasteiger partial charge on any atom is -0.398 e. The Balaban J connectivity index is 2.24. The zero-order valence-electron chi connectivity index (χ0n) is 10.3. The van der Waals surface area contributed by atoms with E-state index in [1.54, 1.807) is 12.1 Å². The number of primary sulfonamides is 1. The highest BCUT2D eigenvalue weighted by Crippen LogP contribution is 2.24. The van der Waals surface area contributed by atoms with Gasteiger partial charge in [0.25, 0.3) is 0 Å². The van der Waals surface area contributed by atoms with Crippen molar-refractivity contribution >= 4 is 21.4 Å². The molecule has 100 valence electrons. The average Bonchev–Trinajstić information content (AvgIpc) is 2.28. The van der Waals surface area contributed by atoms with E-state index in [0.717, 1.165) is 31.9 Å². The Labute approximate surface area is 107 Å². The summed E-state index contributed by atoms with van der Waals surface area (Å²) in [7, 11) is -1.66. The van der Waals surface area contributed by atoms with Crippen molar-refractivity contribution in [1.82, 2.24) is 4.90 Å². The van der Waals surface area contributed by atoms with E-state index >= 15 is 0 Å². The molecule has 0 aliphatic carbocycles. The third kappa shape index (κ3) is 2.74. The molecule has 0 radical (unpaired) electrons. The van der Waals surface area contributed by atoms with Crippen molar-refractivity contribution in [3.8, 4) is 0 Å². The maximum atomic E-state index is 11.3. The Kier molecular flexibility index (Phi) is 3.47. The third-order valence-electron chi connectivity index (χ3n) is 3.17. The lowest BCUT2D eigenvalue weighted by Crippen LogP contribution is -2.44. The summed E-state index contributed by atoms with van der Waals surface area (Å²) in [6.07, 6.45) is 0. The fraction of sp³-hybridized carbons (Fsp3) is 0.455. The van der Waals surface area contributed by atoms with Gasteiger partial charge in [-0.2, -0.15) is 0 Å². The molecule has 7 heteroatoms. The second-order valence-corrected chi connectivity index (χ2v) is 6.09. The van der Waals surface area contributed by atoms with Crippen LogP contribution < -0.4 is 15.8 Å². The number of rotatable bonds is 2. The van der Waals surface area contributed by atoms with Crippen molar-refractivity contribution in [1.29, 1.82) is 0 Å². The lowest BCUT2D eigenvalue weighted by Gasteiger charge is -2.34. The first-order chi connectivity index (χ1) is 8.38. The molecule has 1 aliphatic heterocycles. The lowest BCUT2D eigenvalue weighted by atomic mass is 10.2. The number of likely N-dealkylation sites (N-methyl/N-ethyl adjacent to an activating group) is 1. The maximum absolute atomic E-state index is 11.3. The number of nitrogens with two attached hydrogens (primary N) is 2. The monoisotopic (exact) mass is 270 g/mol. The smallest absolute Gasteiger partial charge is 0.240 e. The molecule has 0 spiro atoms. The van der Waals surface area contributed by atoms with Crippen molar-refractivity contribution in [2.75, 3.05) is 43.9 Å². The Morgan fingerprint density at radius 1 is 1.17 bits per heavy atom. The number of benzene rings is 1. The van der Waals surface area contributed by atoms with Gasteiger partial charge in [0.15, 0.2) is 0 Å². The summed E-state index contributed by atoms with van der Waals surface area (Å²) in [5.74, 6) is 0. The molecular weight excluding hydrogens is 252 g/mol. The number of nitrogen functional groups attached to an aromatic ring is 1. The normalized spacial score (nSPS) is 18.0. The molecule has 2 rings (SSSR count). The zero-order valence-corrected chi connectivity index (χ0v) is 11.2. The summed E-state index contributed by atoms with van der Waals surface area (Å²) in [6, 6.07) is 4.89. The van der Waals surface area contributed by atoms with Crippen molar-refractivity contribution in [2.45, 2.75) is 4.90 Å². The molecule has 0 amide bonds. The van der Waals surface area contributed by atoms with E-state index in [1.165, 1.54) is 6.07 Å². The number of nitrogens with zero attached hydrogens (tertiary/aromatic N) is 2. The summed E-state index contributed by atoms with van der Waals surface area (Å²) in [5.41, 5.74) is 6.89. The van der Waals surface area contributed by atoms with Crippen LogP contribution in [0.4, 0.5) is 11.4 Å². The van der Waals surface area contributed by atoms with Crippen LogP contribution in [0.5, 0.6) is 0 Å². The van der Waals surface area contributed by atoms with Crippen molar-refractivity contribution in [3.05, 3.63) is 18.2 Å². The van der Waals surface area contributed by atoms with Gasteiger partial charge in [0, 0.05) is 31.9 Å². The van der Waals surface area contributed by atoms with E-state index in [2.05, 4.69) is 16.8 Å². The number of piperazine rings is 1. The van der Waals surface area contributed by atoms with Crippen LogP contribution in [-0.2, 0) is 10.0 Å². The largest absolute Gasteiger partial charge is 0.398 e. The fourth-order valence-corrected chi connectivity index (χ4v) is 2.70. The highest BCUT2D eigenvalue weighted by atomic mass is 32.2. The Hall–Kier alpha value is -1.31. The van der Waals surface area contributed by atoms with Gasteiger partial charge in [0.1, 0.15) is 4.90 Å². The first kappa shape index (κ1) is 13.1. The van der Waals surface area contributed by atoms with Crippen molar-refractivity contribution in [2.24, 2.45) is 5.14 Å². The molecule has 0 bridgehead atoms. The van der Waals surface area contributed by atoms with Crippen LogP contribution in [0.15, 0.2) is 23.1 Å². The molecule has 0 atom stereocenters. The van der Waals surface area contributed by atoms with Gasteiger partial charge in [-0.25, -0.2) is 13.6 Å². The number of hydrogen-bond acceptors (Lipinski definition) is 5. The van der Waals surface area contributed by atoms with Gasteiger partial charge in [0.05, 0.1) is 5.69 Å². The lowest BCUT2D eigenvalue weighted by molar-refractivity contribution is 0.313. The fourth-order valence-electron chi connectivity index (χ4n) is 2.06. The summed E-state index contributed by atoms with van der Waals surface area (Å²) in [6.45, 7) is 3.78. The van der Waals surface area contributed by atoms with E-state index in [4.69, 9.17) is 10.9 Å². The highest BCUT2D eigenvalue weighted by Gasteiger charge is 2.17. The summed E-state index contributed by atoms with van der Waals surface area (Å²) < 4.78 is 22.5. The van der Waals surface area contributed by atoms with Gasteiger partial charge in [-0.15, -0.1) is 0 Å². The first-order valence-electron chi connectivity index (χ1n) is 5.74. The molecular formula is C11H18N4O2S. The van der Waals surface area contributed by atoms with Crippen LogP contribution in [0.1, 0.15) is 0 Å². The number of anilines is 2. The van der Waals surface area contributed by atoms with Crippen molar-refractivity contribution < 1.29 is 8.42 Å². The molecule has 1 fully saturated rings. The number of sulfonamides is 1. The summed E-state index contributed by atoms with van der Waals surface area (Å²) in [5, 5.41) is 5.08. The molecule has 1 aliphatic rings.